The molecule has 2 nitrogen and oxygen atoms in total. The number of rotatable bonds is 2. The first kappa shape index (κ1) is 13.6. The predicted octanol–water partition coefficient (Wildman–Crippen LogP) is 4.43. The zero-order valence-electron chi connectivity index (χ0n) is 11.7. The Balaban J connectivity index is 1.91. The van der Waals surface area contributed by atoms with E-state index in [-0.39, 0.29) is 12.3 Å². The summed E-state index contributed by atoms with van der Waals surface area (Å²) in [6, 6.07) is 18.5. The monoisotopic (exact) mass is 287 g/mol. The van der Waals surface area contributed by atoms with Crippen LogP contribution in [0.2, 0.25) is 5.02 Å². The molecule has 0 bridgehead atoms. The summed E-state index contributed by atoms with van der Waals surface area (Å²) in [5.41, 5.74) is 2.24. The predicted molar refractivity (Wildman–Crippen MR) is 81.7 cm³/mol. The van der Waals surface area contributed by atoms with Crippen LogP contribution >= 0.6 is 11.6 Å². The second kappa shape index (κ2) is 5.57. The van der Waals surface area contributed by atoms with Crippen LogP contribution in [-0.4, -0.2) is 18.0 Å². The lowest BCUT2D eigenvalue weighted by Gasteiger charge is -2.22. The molecule has 0 amide bonds. The van der Waals surface area contributed by atoms with E-state index in [1.54, 1.807) is 0 Å². The molecule has 2 aromatic carbocycles. The van der Waals surface area contributed by atoms with Crippen LogP contribution in [-0.2, 0) is 4.74 Å². The van der Waals surface area contributed by atoms with Gasteiger partial charge in [0.1, 0.15) is 12.3 Å². The average molecular weight is 288 g/mol. The van der Waals surface area contributed by atoms with Gasteiger partial charge < -0.3 is 4.74 Å². The highest BCUT2D eigenvalue weighted by Gasteiger charge is 2.39. The smallest absolute Gasteiger partial charge is 0.139 e. The van der Waals surface area contributed by atoms with E-state index in [9.17, 15) is 0 Å². The van der Waals surface area contributed by atoms with Crippen molar-refractivity contribution >= 4 is 11.6 Å². The van der Waals surface area contributed by atoms with E-state index in [0.717, 1.165) is 10.6 Å². The van der Waals surface area contributed by atoms with Gasteiger partial charge in [0.05, 0.1) is 0 Å². The summed E-state index contributed by atoms with van der Waals surface area (Å²) in [6.07, 6.45) is -0.0219. The fourth-order valence-electron chi connectivity index (χ4n) is 2.74. The normalized spacial score (nSPS) is 26.9. The molecule has 0 N–H and O–H groups in total. The number of hydrogen-bond acceptors (Lipinski definition) is 2. The van der Waals surface area contributed by atoms with E-state index in [1.165, 1.54) is 5.56 Å². The lowest BCUT2D eigenvalue weighted by molar-refractivity contribution is 0.00567. The summed E-state index contributed by atoms with van der Waals surface area (Å²) >= 11 is 6.30. The maximum absolute atomic E-state index is 6.30. The highest BCUT2D eigenvalue weighted by atomic mass is 35.5. The van der Waals surface area contributed by atoms with E-state index in [0.29, 0.717) is 6.04 Å². The molecular weight excluding hydrogens is 270 g/mol. The summed E-state index contributed by atoms with van der Waals surface area (Å²) in [7, 11) is 2.08. The Kier molecular flexibility index (Phi) is 3.79. The van der Waals surface area contributed by atoms with Gasteiger partial charge in [-0.3, -0.25) is 4.90 Å². The van der Waals surface area contributed by atoms with Crippen molar-refractivity contribution in [3.63, 3.8) is 0 Å². The standard InChI is InChI=1S/C17H18ClNO/c1-12-16(13-8-4-3-5-9-13)20-17(19(12)2)14-10-6-7-11-15(14)18/h3-12,16-17H,1-2H3/t12-,16-,17+/m0/s1. The maximum Gasteiger partial charge on any atom is 0.139 e. The molecule has 3 atom stereocenters. The van der Waals surface area contributed by atoms with Gasteiger partial charge in [0, 0.05) is 16.6 Å². The van der Waals surface area contributed by atoms with Gasteiger partial charge in [-0.25, -0.2) is 0 Å². The average Bonchev–Trinajstić information content (AvgIpc) is 2.77. The van der Waals surface area contributed by atoms with Crippen molar-refractivity contribution in [3.8, 4) is 0 Å². The molecule has 1 heterocycles. The Morgan fingerprint density at radius 3 is 2.35 bits per heavy atom. The molecule has 0 unspecified atom stereocenters. The molecule has 1 aliphatic heterocycles. The first-order valence-electron chi connectivity index (χ1n) is 6.85. The molecule has 2 aromatic rings. The third-order valence-corrected chi connectivity index (χ3v) is 4.37. The Hall–Kier alpha value is -1.35. The molecular formula is C17H18ClNO. The topological polar surface area (TPSA) is 12.5 Å². The van der Waals surface area contributed by atoms with Gasteiger partial charge in [-0.15, -0.1) is 0 Å². The third kappa shape index (κ3) is 2.35. The molecule has 1 saturated heterocycles. The molecule has 3 rings (SSSR count). The summed E-state index contributed by atoms with van der Waals surface area (Å²) in [5.74, 6) is 0. The summed E-state index contributed by atoms with van der Waals surface area (Å²) in [4.78, 5) is 2.24. The Morgan fingerprint density at radius 1 is 1.00 bits per heavy atom. The highest BCUT2D eigenvalue weighted by Crippen LogP contribution is 2.42. The summed E-state index contributed by atoms with van der Waals surface area (Å²) in [5, 5.41) is 0.755. The second-order valence-electron chi connectivity index (χ2n) is 5.25. The second-order valence-corrected chi connectivity index (χ2v) is 5.65. The highest BCUT2D eigenvalue weighted by molar-refractivity contribution is 6.31. The number of halogens is 1. The molecule has 0 spiro atoms. The first-order chi connectivity index (χ1) is 9.68. The molecule has 104 valence electrons. The van der Waals surface area contributed by atoms with Crippen LogP contribution in [0.5, 0.6) is 0 Å². The Bertz CT molecular complexity index is 587. The van der Waals surface area contributed by atoms with Crippen molar-refractivity contribution in [2.24, 2.45) is 0 Å². The van der Waals surface area contributed by atoms with Crippen molar-refractivity contribution in [2.75, 3.05) is 7.05 Å². The van der Waals surface area contributed by atoms with E-state index in [1.807, 2.05) is 42.5 Å². The number of benzene rings is 2. The number of likely N-dealkylation sites (N-methyl/N-ethyl adjacent to an activating group) is 1. The van der Waals surface area contributed by atoms with E-state index in [2.05, 4.69) is 31.0 Å². The molecule has 0 aromatic heterocycles. The van der Waals surface area contributed by atoms with E-state index >= 15 is 0 Å². The summed E-state index contributed by atoms with van der Waals surface area (Å²) in [6.45, 7) is 2.19. The number of hydrogen-bond donors (Lipinski definition) is 0. The quantitative estimate of drug-likeness (QED) is 0.810. The number of ether oxygens (including phenoxy) is 1. The SMILES string of the molecule is C[C@H]1[C@@H](c2ccccc2)O[C@H](c2ccccc2Cl)N1C. The number of nitrogens with zero attached hydrogens (tertiary/aromatic N) is 1. The minimum Gasteiger partial charge on any atom is -0.349 e. The molecule has 0 aliphatic carbocycles. The van der Waals surface area contributed by atoms with Gasteiger partial charge in [0.25, 0.3) is 0 Å². The molecule has 1 aliphatic rings. The van der Waals surface area contributed by atoms with Gasteiger partial charge in [0.15, 0.2) is 0 Å². The zero-order valence-corrected chi connectivity index (χ0v) is 12.4. The van der Waals surface area contributed by atoms with Crippen molar-refractivity contribution in [2.45, 2.75) is 25.3 Å². The Morgan fingerprint density at radius 2 is 1.65 bits per heavy atom. The molecule has 0 radical (unpaired) electrons. The van der Waals surface area contributed by atoms with Gasteiger partial charge in [-0.05, 0) is 25.6 Å². The van der Waals surface area contributed by atoms with Crippen LogP contribution in [0, 0.1) is 0 Å². The van der Waals surface area contributed by atoms with E-state index in [4.69, 9.17) is 16.3 Å². The third-order valence-electron chi connectivity index (χ3n) is 4.03. The van der Waals surface area contributed by atoms with Crippen LogP contribution in [0.1, 0.15) is 30.4 Å². The lowest BCUT2D eigenvalue weighted by Crippen LogP contribution is -2.27. The molecule has 0 saturated carbocycles. The lowest BCUT2D eigenvalue weighted by atomic mass is 10.0. The summed E-state index contributed by atoms with van der Waals surface area (Å²) < 4.78 is 6.28. The largest absolute Gasteiger partial charge is 0.349 e. The van der Waals surface area contributed by atoms with Gasteiger partial charge >= 0.3 is 0 Å². The van der Waals surface area contributed by atoms with Crippen LogP contribution in [0.25, 0.3) is 0 Å². The van der Waals surface area contributed by atoms with Crippen LogP contribution in [0.15, 0.2) is 54.6 Å². The molecule has 20 heavy (non-hydrogen) atoms. The fourth-order valence-corrected chi connectivity index (χ4v) is 2.97. The van der Waals surface area contributed by atoms with Crippen molar-refractivity contribution in [1.29, 1.82) is 0 Å². The van der Waals surface area contributed by atoms with Crippen LogP contribution in [0.4, 0.5) is 0 Å². The van der Waals surface area contributed by atoms with E-state index < -0.39 is 0 Å². The minimum absolute atomic E-state index is 0.0717. The zero-order chi connectivity index (χ0) is 14.1. The Labute approximate surface area is 124 Å². The van der Waals surface area contributed by atoms with Gasteiger partial charge in [-0.2, -0.15) is 0 Å². The molecule has 3 heteroatoms. The minimum atomic E-state index is -0.0936. The van der Waals surface area contributed by atoms with Gasteiger partial charge in [0.2, 0.25) is 0 Å². The van der Waals surface area contributed by atoms with Crippen molar-refractivity contribution in [1.82, 2.24) is 4.90 Å². The van der Waals surface area contributed by atoms with Gasteiger partial charge in [-0.1, -0.05) is 60.1 Å². The van der Waals surface area contributed by atoms with Crippen LogP contribution < -0.4 is 0 Å². The van der Waals surface area contributed by atoms with Crippen molar-refractivity contribution in [3.05, 3.63) is 70.7 Å². The fraction of sp³-hybridized carbons (Fsp3) is 0.294. The molecule has 1 fully saturated rings. The van der Waals surface area contributed by atoms with Crippen molar-refractivity contribution < 1.29 is 4.74 Å². The first-order valence-corrected chi connectivity index (χ1v) is 7.23. The van der Waals surface area contributed by atoms with Crippen LogP contribution in [0.3, 0.4) is 0 Å². The maximum atomic E-state index is 6.30.